The molecule has 4 rings (SSSR count). The van der Waals surface area contributed by atoms with E-state index in [1.807, 2.05) is 10.6 Å². The number of aliphatic hydroxyl groups is 8. The van der Waals surface area contributed by atoms with Gasteiger partial charge >= 0.3 is 10.4 Å². The predicted octanol–water partition coefficient (Wildman–Crippen LogP) is -3.63. The van der Waals surface area contributed by atoms with E-state index >= 15 is 0 Å². The van der Waals surface area contributed by atoms with Gasteiger partial charge in [-0.05, 0) is 31.0 Å². The van der Waals surface area contributed by atoms with Gasteiger partial charge in [0.15, 0.2) is 17.7 Å². The van der Waals surface area contributed by atoms with Crippen molar-refractivity contribution in [1.29, 1.82) is 0 Å². The Morgan fingerprint density at radius 1 is 0.741 bits per heavy atom. The maximum absolute atomic E-state index is 14.6. The minimum atomic E-state index is -5.33. The van der Waals surface area contributed by atoms with E-state index in [0.717, 1.165) is 51.2 Å². The average Bonchev–Trinajstić information content (AvgIpc) is 3.94. The maximum atomic E-state index is 14.6. The zero-order valence-electron chi connectivity index (χ0n) is 45.7. The van der Waals surface area contributed by atoms with Crippen LogP contribution in [-0.4, -0.2) is 208 Å². The lowest BCUT2D eigenvalue weighted by Crippen LogP contribution is -2.64. The SMILES string of the molecule is CCCCCCCCCCCCCCCC(=O)N[C@@H]1C[C@@H](O)[C@@H](O)NC(=O)[C@@H]2[C@@H](O)[C@@H](C)CN2C(=O)[C@H]([C@H](O)CC(N)=O)NC(=O)[C@H]([C@H](O)[C@@H](O)c2ccc(O)c(OS(=O)(=O)O)c2)NC(=O)[C@@H]2C[C@@H](O)CN2C(=O)[C@H]([C@@H](C)O)NC1=O. The van der Waals surface area contributed by atoms with Crippen LogP contribution in [0.1, 0.15) is 142 Å². The minimum absolute atomic E-state index is 0.114. The van der Waals surface area contributed by atoms with E-state index in [1.54, 1.807) is 0 Å². The molecule has 3 heterocycles. The highest BCUT2D eigenvalue weighted by Crippen LogP contribution is 2.33. The van der Waals surface area contributed by atoms with Crippen molar-refractivity contribution in [2.24, 2.45) is 11.7 Å². The minimum Gasteiger partial charge on any atom is -0.504 e. The van der Waals surface area contributed by atoms with Gasteiger partial charge in [-0.1, -0.05) is 97.0 Å². The number of hydrogen-bond donors (Lipinski definition) is 16. The van der Waals surface area contributed by atoms with Gasteiger partial charge in [0.05, 0.1) is 30.8 Å². The van der Waals surface area contributed by atoms with E-state index in [0.29, 0.717) is 28.7 Å². The summed E-state index contributed by atoms with van der Waals surface area (Å²) in [7, 11) is -5.33. The summed E-state index contributed by atoms with van der Waals surface area (Å²) in [6.45, 7) is 3.39. The Hall–Kier alpha value is -5.83. The van der Waals surface area contributed by atoms with Crippen LogP contribution in [-0.2, 0) is 48.8 Å². The van der Waals surface area contributed by atoms with Gasteiger partial charge in [0.2, 0.25) is 47.3 Å². The Labute approximate surface area is 469 Å². The molecule has 30 heteroatoms. The summed E-state index contributed by atoms with van der Waals surface area (Å²) < 4.78 is 36.6. The standard InChI is InChI=1S/C51H82N8O21S/c1-4-5-6-7-8-9-10-11-12-13-14-15-16-17-37(66)53-30-22-34(64)47(72)57-49(74)41-42(67)26(2)24-59(41)51(76)39(33(63)23-36(52)65)55-48(73)40(44(69)43(68)28-18-19-32(62)35(20-28)80-81(77,78)79)56-46(71)31-21-29(61)25-58(31)50(75)38(27(3)60)54-45(30)70/h18-20,26-27,29-31,33-34,38-44,47,60-64,67-69,72H,4-17,21-25H2,1-3H3,(H2,52,65)(H,53,66)(H,54,70)(H,55,73)(H,56,71)(H,57,74)(H,77,78,79)/t26-,27+,29+,30+,31-,33+,34+,38-,39-,40-,41-,42-,43-,44-,47+/m0/s1. The monoisotopic (exact) mass is 1170 g/mol. The Morgan fingerprint density at radius 2 is 1.30 bits per heavy atom. The number of phenols is 1. The zero-order chi connectivity index (χ0) is 60.5. The quantitative estimate of drug-likeness (QED) is 0.0351. The number of nitrogens with one attached hydrogen (secondary N) is 5. The van der Waals surface area contributed by atoms with Crippen molar-refractivity contribution < 1.29 is 101 Å². The number of aromatic hydroxyl groups is 1. The summed E-state index contributed by atoms with van der Waals surface area (Å²) in [6, 6.07) is -10.5. The number of unbranched alkanes of at least 4 members (excludes halogenated alkanes) is 12. The molecule has 1 aromatic carbocycles. The molecule has 0 aromatic heterocycles. The van der Waals surface area contributed by atoms with E-state index in [-0.39, 0.29) is 6.42 Å². The maximum Gasteiger partial charge on any atom is 0.446 e. The van der Waals surface area contributed by atoms with Gasteiger partial charge in [0.1, 0.15) is 54.6 Å². The third-order valence-corrected chi connectivity index (χ3v) is 15.0. The normalized spacial score (nSPS) is 28.0. The van der Waals surface area contributed by atoms with Gasteiger partial charge < -0.3 is 92.3 Å². The van der Waals surface area contributed by atoms with Gasteiger partial charge in [-0.3, -0.25) is 42.9 Å². The topological polar surface area (TPSA) is 475 Å². The lowest BCUT2D eigenvalue weighted by Gasteiger charge is -2.34. The molecular weight excluding hydrogens is 1090 g/mol. The van der Waals surface area contributed by atoms with E-state index in [2.05, 4.69) is 27.1 Å². The van der Waals surface area contributed by atoms with Crippen LogP contribution in [0.5, 0.6) is 11.5 Å². The first kappa shape index (κ1) is 67.7. The third-order valence-electron chi connectivity index (χ3n) is 14.6. The molecule has 3 aliphatic heterocycles. The van der Waals surface area contributed by atoms with Crippen molar-refractivity contribution in [3.63, 3.8) is 0 Å². The first-order valence-electron chi connectivity index (χ1n) is 27.4. The summed E-state index contributed by atoms with van der Waals surface area (Å²) in [5.74, 6) is -13.3. The number of phenolic OH excluding ortho intramolecular Hbond substituents is 1. The summed E-state index contributed by atoms with van der Waals surface area (Å²) in [4.78, 5) is 113. The highest BCUT2D eigenvalue weighted by molar-refractivity contribution is 7.81. The first-order chi connectivity index (χ1) is 38.1. The molecule has 3 aliphatic rings. The zero-order valence-corrected chi connectivity index (χ0v) is 46.5. The lowest BCUT2D eigenvalue weighted by atomic mass is 9.96. The number of carbonyl (C=O) groups is 8. The van der Waals surface area contributed by atoms with Crippen molar-refractivity contribution >= 4 is 57.7 Å². The van der Waals surface area contributed by atoms with E-state index < -0.39 is 198 Å². The van der Waals surface area contributed by atoms with Crippen LogP contribution in [0.25, 0.3) is 0 Å². The molecule has 1 aromatic rings. The van der Waals surface area contributed by atoms with Crippen LogP contribution < -0.4 is 36.5 Å². The van der Waals surface area contributed by atoms with Crippen LogP contribution in [0.4, 0.5) is 0 Å². The molecule has 0 bridgehead atoms. The number of nitrogens with zero attached hydrogens (tertiary/aromatic N) is 2. The van der Waals surface area contributed by atoms with Crippen molar-refractivity contribution in [2.75, 3.05) is 13.1 Å². The van der Waals surface area contributed by atoms with Crippen molar-refractivity contribution in [1.82, 2.24) is 36.4 Å². The number of fused-ring (bicyclic) bond motifs is 2. The fourth-order valence-electron chi connectivity index (χ4n) is 10.1. The molecule has 0 spiro atoms. The predicted molar refractivity (Wildman–Crippen MR) is 282 cm³/mol. The number of nitrogens with two attached hydrogens (primary N) is 1. The molecule has 15 atom stereocenters. The van der Waals surface area contributed by atoms with E-state index in [9.17, 15) is 97.3 Å². The number of carbonyl (C=O) groups excluding carboxylic acids is 8. The van der Waals surface area contributed by atoms with Crippen LogP contribution in [0.2, 0.25) is 0 Å². The molecule has 3 saturated heterocycles. The molecule has 0 radical (unpaired) electrons. The first-order valence-corrected chi connectivity index (χ1v) is 28.8. The fraction of sp³-hybridized carbons (Fsp3) is 0.725. The Balaban J connectivity index is 1.74. The Morgan fingerprint density at radius 3 is 1.86 bits per heavy atom. The highest BCUT2D eigenvalue weighted by Gasteiger charge is 2.51. The van der Waals surface area contributed by atoms with Gasteiger partial charge in [-0.25, -0.2) is 0 Å². The third kappa shape index (κ3) is 19.9. The molecule has 81 heavy (non-hydrogen) atoms. The fourth-order valence-corrected chi connectivity index (χ4v) is 10.4. The van der Waals surface area contributed by atoms with Crippen molar-refractivity contribution in [3.05, 3.63) is 23.8 Å². The second-order valence-electron chi connectivity index (χ2n) is 21.3. The lowest BCUT2D eigenvalue weighted by molar-refractivity contribution is -0.149. The number of amides is 8. The summed E-state index contributed by atoms with van der Waals surface area (Å²) >= 11 is 0. The number of primary amides is 1. The molecule has 3 fully saturated rings. The Bertz CT molecular complexity index is 2440. The summed E-state index contributed by atoms with van der Waals surface area (Å²) in [6.07, 6.45) is -6.43. The van der Waals surface area contributed by atoms with Gasteiger partial charge in [0, 0.05) is 38.3 Å². The summed E-state index contributed by atoms with van der Waals surface area (Å²) in [5, 5.41) is 111. The van der Waals surface area contributed by atoms with Crippen molar-refractivity contribution in [2.45, 2.75) is 215 Å². The van der Waals surface area contributed by atoms with Crippen LogP contribution in [0.15, 0.2) is 18.2 Å². The largest absolute Gasteiger partial charge is 0.504 e. The average molecular weight is 1180 g/mol. The molecule has 458 valence electrons. The van der Waals surface area contributed by atoms with Gasteiger partial charge in [-0.2, -0.15) is 8.42 Å². The van der Waals surface area contributed by atoms with Crippen LogP contribution in [0, 0.1) is 5.92 Å². The molecule has 0 aliphatic carbocycles. The van der Waals surface area contributed by atoms with E-state index in [4.69, 9.17) is 5.73 Å². The van der Waals surface area contributed by atoms with Crippen LogP contribution >= 0.6 is 0 Å². The highest BCUT2D eigenvalue weighted by atomic mass is 32.3. The molecule has 0 unspecified atom stereocenters. The second-order valence-corrected chi connectivity index (χ2v) is 22.3. The van der Waals surface area contributed by atoms with Crippen LogP contribution in [0.3, 0.4) is 0 Å². The number of rotatable bonds is 24. The molecule has 0 saturated carbocycles. The van der Waals surface area contributed by atoms with Crippen molar-refractivity contribution in [3.8, 4) is 11.5 Å². The molecular formula is C51H82N8O21S. The molecule has 29 nitrogen and oxygen atoms in total. The Kier molecular flexibility index (Phi) is 26.4. The summed E-state index contributed by atoms with van der Waals surface area (Å²) in [5.41, 5.74) is 4.75. The van der Waals surface area contributed by atoms with E-state index in [1.165, 1.54) is 45.4 Å². The molecule has 17 N–H and O–H groups in total. The van der Waals surface area contributed by atoms with Gasteiger partial charge in [0.25, 0.3) is 0 Å². The van der Waals surface area contributed by atoms with Gasteiger partial charge in [-0.15, -0.1) is 0 Å². The number of aliphatic hydroxyl groups excluding tert-OH is 8. The molecule has 8 amide bonds. The smallest absolute Gasteiger partial charge is 0.446 e. The second kappa shape index (κ2) is 31.6. The number of benzene rings is 1. The number of hydrogen-bond acceptors (Lipinski definition) is 20.